The molecule has 0 radical (unpaired) electrons. The van der Waals surface area contributed by atoms with E-state index in [4.69, 9.17) is 9.84 Å². The van der Waals surface area contributed by atoms with Crippen molar-refractivity contribution in [3.05, 3.63) is 35.4 Å². The third-order valence-electron chi connectivity index (χ3n) is 2.66. The normalized spacial score (nSPS) is 15.2. The Morgan fingerprint density at radius 2 is 2.31 bits per heavy atom. The van der Waals surface area contributed by atoms with Crippen LogP contribution in [0.4, 0.5) is 4.39 Å². The molecule has 0 aliphatic heterocycles. The van der Waals surface area contributed by atoms with E-state index in [1.807, 2.05) is 0 Å². The first-order chi connectivity index (χ1) is 7.63. The fourth-order valence-corrected chi connectivity index (χ4v) is 1.85. The maximum atomic E-state index is 13.4. The van der Waals surface area contributed by atoms with Gasteiger partial charge in [0.2, 0.25) is 6.17 Å². The molecule has 1 atom stereocenters. The number of allylic oxidation sites excluding steroid dienone is 1. The summed E-state index contributed by atoms with van der Waals surface area (Å²) in [6.07, 6.45) is 0.216. The van der Waals surface area contributed by atoms with Crippen LogP contribution in [0.3, 0.4) is 0 Å². The van der Waals surface area contributed by atoms with Crippen molar-refractivity contribution in [2.45, 2.75) is 12.6 Å². The smallest absolute Gasteiger partial charge is 0.343 e. The lowest BCUT2D eigenvalue weighted by Gasteiger charge is -2.08. The number of ether oxygens (including phenoxy) is 1. The number of halogens is 1. The minimum Gasteiger partial charge on any atom is -0.497 e. The van der Waals surface area contributed by atoms with Crippen LogP contribution in [0.5, 0.6) is 5.75 Å². The first-order valence-corrected chi connectivity index (χ1v) is 4.87. The third kappa shape index (κ3) is 1.66. The molecule has 0 spiro atoms. The number of aliphatic carboxylic acids is 1. The molecule has 1 aliphatic carbocycles. The largest absolute Gasteiger partial charge is 0.497 e. The number of rotatable bonds is 3. The predicted molar refractivity (Wildman–Crippen MR) is 57.2 cm³/mol. The van der Waals surface area contributed by atoms with Crippen LogP contribution in [0.25, 0.3) is 5.57 Å². The Morgan fingerprint density at radius 1 is 1.56 bits per heavy atom. The van der Waals surface area contributed by atoms with Crippen molar-refractivity contribution in [3.63, 3.8) is 0 Å². The molecule has 1 aliphatic rings. The molecule has 0 saturated carbocycles. The van der Waals surface area contributed by atoms with E-state index < -0.39 is 12.1 Å². The van der Waals surface area contributed by atoms with Gasteiger partial charge in [0.15, 0.2) is 0 Å². The number of hydrogen-bond donors (Lipinski definition) is 1. The summed E-state index contributed by atoms with van der Waals surface area (Å²) >= 11 is 0. The number of carboxylic acid groups (broad SMARTS) is 1. The second-order valence-electron chi connectivity index (χ2n) is 3.59. The van der Waals surface area contributed by atoms with Gasteiger partial charge < -0.3 is 9.84 Å². The van der Waals surface area contributed by atoms with Gasteiger partial charge in [-0.15, -0.1) is 0 Å². The van der Waals surface area contributed by atoms with Crippen molar-refractivity contribution < 1.29 is 19.0 Å². The first-order valence-electron chi connectivity index (χ1n) is 4.87. The highest BCUT2D eigenvalue weighted by atomic mass is 19.1. The van der Waals surface area contributed by atoms with E-state index in [9.17, 15) is 9.18 Å². The molecule has 0 bridgehead atoms. The van der Waals surface area contributed by atoms with Gasteiger partial charge in [0.1, 0.15) is 5.75 Å². The maximum Gasteiger partial charge on any atom is 0.343 e. The quantitative estimate of drug-likeness (QED) is 0.851. The molecular weight excluding hydrogens is 211 g/mol. The third-order valence-corrected chi connectivity index (χ3v) is 2.66. The van der Waals surface area contributed by atoms with Crippen molar-refractivity contribution >= 4 is 11.5 Å². The molecule has 1 aromatic rings. The molecule has 16 heavy (non-hydrogen) atoms. The second kappa shape index (κ2) is 3.96. The van der Waals surface area contributed by atoms with Gasteiger partial charge in [0.25, 0.3) is 0 Å². The standard InChI is InChI=1S/C12H11FO3/c1-16-8-3-5-9-7(6-8)2-4-10(9)11(13)12(14)15/h3-6,11H,2H2,1H3,(H,14,15). The zero-order valence-corrected chi connectivity index (χ0v) is 8.74. The molecule has 2 rings (SSSR count). The minimum absolute atomic E-state index is 0.241. The van der Waals surface area contributed by atoms with E-state index in [0.717, 1.165) is 5.56 Å². The zero-order chi connectivity index (χ0) is 11.7. The van der Waals surface area contributed by atoms with Crippen LogP contribution in [0.1, 0.15) is 11.1 Å². The molecule has 0 saturated heterocycles. The van der Waals surface area contributed by atoms with E-state index in [1.165, 1.54) is 0 Å². The number of alkyl halides is 1. The molecule has 0 heterocycles. The van der Waals surface area contributed by atoms with Gasteiger partial charge in [-0.3, -0.25) is 0 Å². The van der Waals surface area contributed by atoms with Crippen LogP contribution < -0.4 is 4.74 Å². The summed E-state index contributed by atoms with van der Waals surface area (Å²) < 4.78 is 18.4. The Labute approximate surface area is 92.2 Å². The molecular formula is C12H11FO3. The zero-order valence-electron chi connectivity index (χ0n) is 8.74. The van der Waals surface area contributed by atoms with Crippen LogP contribution in [-0.2, 0) is 11.2 Å². The first kappa shape index (κ1) is 10.7. The van der Waals surface area contributed by atoms with Crippen LogP contribution >= 0.6 is 0 Å². The monoisotopic (exact) mass is 222 g/mol. The molecule has 0 fully saturated rings. The number of benzene rings is 1. The lowest BCUT2D eigenvalue weighted by Crippen LogP contribution is -2.15. The van der Waals surface area contributed by atoms with Crippen molar-refractivity contribution in [2.24, 2.45) is 0 Å². The van der Waals surface area contributed by atoms with E-state index in [0.29, 0.717) is 17.7 Å². The Balaban J connectivity index is 2.35. The number of hydrogen-bond acceptors (Lipinski definition) is 2. The van der Waals surface area contributed by atoms with Crippen molar-refractivity contribution in [3.8, 4) is 5.75 Å². The molecule has 1 aromatic carbocycles. The number of carboxylic acids is 1. The summed E-state index contributed by atoms with van der Waals surface area (Å²) in [5.74, 6) is -0.756. The van der Waals surface area contributed by atoms with Gasteiger partial charge in [-0.2, -0.15) is 0 Å². The molecule has 0 aromatic heterocycles. The van der Waals surface area contributed by atoms with Crippen LogP contribution in [0.15, 0.2) is 24.3 Å². The summed E-state index contributed by atoms with van der Waals surface area (Å²) in [4.78, 5) is 10.6. The van der Waals surface area contributed by atoms with Crippen molar-refractivity contribution in [2.75, 3.05) is 7.11 Å². The maximum absolute atomic E-state index is 13.4. The Kier molecular flexibility index (Phi) is 2.64. The predicted octanol–water partition coefficient (Wildman–Crippen LogP) is 2.06. The lowest BCUT2D eigenvalue weighted by atomic mass is 10.0. The second-order valence-corrected chi connectivity index (χ2v) is 3.59. The molecule has 4 heteroatoms. The Bertz CT molecular complexity index is 465. The molecule has 1 N–H and O–H groups in total. The van der Waals surface area contributed by atoms with Gasteiger partial charge in [0, 0.05) is 5.57 Å². The van der Waals surface area contributed by atoms with Crippen molar-refractivity contribution in [1.82, 2.24) is 0 Å². The Morgan fingerprint density at radius 3 is 2.94 bits per heavy atom. The fourth-order valence-electron chi connectivity index (χ4n) is 1.85. The van der Waals surface area contributed by atoms with Gasteiger partial charge >= 0.3 is 5.97 Å². The molecule has 3 nitrogen and oxygen atoms in total. The Hall–Kier alpha value is -1.84. The molecule has 1 unspecified atom stereocenters. The summed E-state index contributed by atoms with van der Waals surface area (Å²) in [6, 6.07) is 5.20. The van der Waals surface area contributed by atoms with Crippen LogP contribution in [0.2, 0.25) is 0 Å². The highest BCUT2D eigenvalue weighted by Gasteiger charge is 2.27. The average molecular weight is 222 g/mol. The highest BCUT2D eigenvalue weighted by molar-refractivity contribution is 5.92. The van der Waals surface area contributed by atoms with E-state index in [1.54, 1.807) is 31.4 Å². The summed E-state index contributed by atoms with van der Waals surface area (Å²) in [7, 11) is 1.56. The minimum atomic E-state index is -1.95. The summed E-state index contributed by atoms with van der Waals surface area (Å²) in [5.41, 5.74) is 1.80. The molecule has 84 valence electrons. The topological polar surface area (TPSA) is 46.5 Å². The molecule has 0 amide bonds. The summed E-state index contributed by atoms with van der Waals surface area (Å²) in [5, 5.41) is 8.63. The summed E-state index contributed by atoms with van der Waals surface area (Å²) in [6.45, 7) is 0. The van der Waals surface area contributed by atoms with Crippen LogP contribution in [0, 0.1) is 0 Å². The van der Waals surface area contributed by atoms with E-state index in [2.05, 4.69) is 0 Å². The highest BCUT2D eigenvalue weighted by Crippen LogP contribution is 2.33. The van der Waals surface area contributed by atoms with Gasteiger partial charge in [0.05, 0.1) is 7.11 Å². The van der Waals surface area contributed by atoms with E-state index >= 15 is 0 Å². The number of methoxy groups -OCH3 is 1. The lowest BCUT2D eigenvalue weighted by molar-refractivity contribution is -0.140. The number of fused-ring (bicyclic) bond motifs is 1. The van der Waals surface area contributed by atoms with Gasteiger partial charge in [-0.1, -0.05) is 12.1 Å². The average Bonchev–Trinajstić information content (AvgIpc) is 2.70. The van der Waals surface area contributed by atoms with Crippen molar-refractivity contribution in [1.29, 1.82) is 0 Å². The van der Waals surface area contributed by atoms with Crippen LogP contribution in [-0.4, -0.2) is 24.4 Å². The van der Waals surface area contributed by atoms with E-state index in [-0.39, 0.29) is 5.57 Å². The SMILES string of the molecule is COc1ccc2c(c1)CC=C2C(F)C(=O)O. The number of carbonyl (C=O) groups is 1. The fraction of sp³-hybridized carbons (Fsp3) is 0.250. The van der Waals surface area contributed by atoms with Gasteiger partial charge in [-0.25, -0.2) is 9.18 Å². The van der Waals surface area contributed by atoms with Gasteiger partial charge in [-0.05, 0) is 29.7 Å².